The normalized spacial score (nSPS) is 11.2. The number of hydrogen-bond donors (Lipinski definition) is 0. The Balaban J connectivity index is 2.23. The molecule has 2 rings (SSSR count). The molecule has 0 N–H and O–H groups in total. The first kappa shape index (κ1) is 17.7. The maximum atomic E-state index is 12.6. The highest BCUT2D eigenvalue weighted by Gasteiger charge is 2.31. The molecule has 0 amide bonds. The number of nitrogens with zero attached hydrogens (tertiary/aromatic N) is 1. The zero-order valence-corrected chi connectivity index (χ0v) is 12.6. The fourth-order valence-electron chi connectivity index (χ4n) is 1.83. The molecule has 0 unspecified atom stereocenters. The van der Waals surface area contributed by atoms with Gasteiger partial charge in [0.1, 0.15) is 11.5 Å². The number of carbonyl (C=O) groups excluding carboxylic acids is 1. The molecule has 0 aliphatic rings. The third-order valence-corrected chi connectivity index (χ3v) is 3.21. The Bertz CT molecular complexity index is 793. The van der Waals surface area contributed by atoms with Gasteiger partial charge in [0, 0.05) is 10.5 Å². The van der Waals surface area contributed by atoms with Crippen LogP contribution in [0.1, 0.15) is 15.9 Å². The van der Waals surface area contributed by atoms with E-state index in [1.165, 1.54) is 24.3 Å². The van der Waals surface area contributed by atoms with Gasteiger partial charge in [0.15, 0.2) is 0 Å². The van der Waals surface area contributed by atoms with Gasteiger partial charge in [-0.05, 0) is 30.3 Å². The third kappa shape index (κ3) is 4.45. The van der Waals surface area contributed by atoms with Crippen LogP contribution in [0.25, 0.3) is 0 Å². The number of rotatable bonds is 5. The molecule has 0 fully saturated rings. The first-order chi connectivity index (χ1) is 11.2. The van der Waals surface area contributed by atoms with Gasteiger partial charge in [0.05, 0.1) is 10.6 Å². The molecule has 0 aliphatic carbocycles. The number of Topliss-reactive ketones (excluding diaryl/α,β-unsaturated/α-hetero) is 1. The Hall–Kier alpha value is -2.61. The molecule has 0 saturated carbocycles. The van der Waals surface area contributed by atoms with Crippen molar-refractivity contribution >= 4 is 17.4 Å². The number of ether oxygens (including phenoxy) is 1. The molecule has 0 atom stereocenters. The van der Waals surface area contributed by atoms with Gasteiger partial charge in [-0.3, -0.25) is 14.9 Å². The summed E-state index contributed by atoms with van der Waals surface area (Å²) in [4.78, 5) is 21.2. The van der Waals surface area contributed by atoms with E-state index in [0.717, 1.165) is 18.2 Å². The molecule has 0 heterocycles. The lowest BCUT2D eigenvalue weighted by atomic mass is 10.1. The molecule has 0 spiro atoms. The summed E-state index contributed by atoms with van der Waals surface area (Å²) < 4.78 is 43.1. The fourth-order valence-corrected chi connectivity index (χ4v) is 2.05. The van der Waals surface area contributed by atoms with E-state index in [4.69, 9.17) is 16.3 Å². The van der Waals surface area contributed by atoms with Crippen LogP contribution in [0.2, 0.25) is 5.02 Å². The number of benzene rings is 2. The van der Waals surface area contributed by atoms with Gasteiger partial charge < -0.3 is 4.74 Å². The van der Waals surface area contributed by atoms with E-state index in [9.17, 15) is 28.1 Å². The number of ketones is 1. The molecular formula is C15H9ClF3NO4. The molecule has 0 radical (unpaired) electrons. The Labute approximate surface area is 138 Å². The van der Waals surface area contributed by atoms with Crippen LogP contribution in [-0.2, 0) is 6.18 Å². The molecule has 2 aromatic rings. The lowest BCUT2D eigenvalue weighted by Crippen LogP contribution is -2.13. The van der Waals surface area contributed by atoms with Gasteiger partial charge in [-0.1, -0.05) is 23.7 Å². The fraction of sp³-hybridized carbons (Fsp3) is 0.133. The van der Waals surface area contributed by atoms with Crippen molar-refractivity contribution in [3.8, 4) is 11.5 Å². The average molecular weight is 360 g/mol. The molecule has 0 saturated heterocycles. The molecule has 0 aromatic heterocycles. The average Bonchev–Trinajstić information content (AvgIpc) is 2.48. The number of hydrogen-bond acceptors (Lipinski definition) is 4. The minimum absolute atomic E-state index is 0.0384. The van der Waals surface area contributed by atoms with Crippen molar-refractivity contribution in [2.24, 2.45) is 0 Å². The van der Waals surface area contributed by atoms with Crippen LogP contribution >= 0.6 is 11.6 Å². The molecule has 5 nitrogen and oxygen atoms in total. The topological polar surface area (TPSA) is 69.4 Å². The van der Waals surface area contributed by atoms with Crippen LogP contribution in [-0.4, -0.2) is 17.3 Å². The van der Waals surface area contributed by atoms with E-state index in [1.54, 1.807) is 0 Å². The summed E-state index contributed by atoms with van der Waals surface area (Å²) in [6.07, 6.45) is -4.53. The maximum absolute atomic E-state index is 12.6. The molecule has 126 valence electrons. The smallest absolute Gasteiger partial charge is 0.416 e. The van der Waals surface area contributed by atoms with Gasteiger partial charge in [-0.15, -0.1) is 0 Å². The van der Waals surface area contributed by atoms with Crippen molar-refractivity contribution in [1.29, 1.82) is 0 Å². The van der Waals surface area contributed by atoms with Crippen molar-refractivity contribution in [1.82, 2.24) is 0 Å². The zero-order valence-electron chi connectivity index (χ0n) is 11.8. The van der Waals surface area contributed by atoms with Gasteiger partial charge in [0.25, 0.3) is 6.54 Å². The van der Waals surface area contributed by atoms with Crippen LogP contribution in [0.3, 0.4) is 0 Å². The Kier molecular flexibility index (Phi) is 5.08. The molecule has 0 aliphatic heterocycles. The molecule has 0 bridgehead atoms. The van der Waals surface area contributed by atoms with Crippen LogP contribution < -0.4 is 4.74 Å². The number of carbonyl (C=O) groups is 1. The summed E-state index contributed by atoms with van der Waals surface area (Å²) in [5.41, 5.74) is -0.873. The Morgan fingerprint density at radius 3 is 2.50 bits per heavy atom. The second kappa shape index (κ2) is 6.88. The van der Waals surface area contributed by atoms with Crippen molar-refractivity contribution < 1.29 is 27.6 Å². The Morgan fingerprint density at radius 2 is 1.92 bits per heavy atom. The summed E-state index contributed by atoms with van der Waals surface area (Å²) in [6.45, 7) is -0.871. The summed E-state index contributed by atoms with van der Waals surface area (Å²) in [6, 6.07) is 8.07. The van der Waals surface area contributed by atoms with Crippen LogP contribution in [0.4, 0.5) is 13.2 Å². The van der Waals surface area contributed by atoms with Gasteiger partial charge >= 0.3 is 6.18 Å². The van der Waals surface area contributed by atoms with Gasteiger partial charge in [-0.2, -0.15) is 13.2 Å². The highest BCUT2D eigenvalue weighted by molar-refractivity contribution is 6.32. The first-order valence-corrected chi connectivity index (χ1v) is 6.84. The first-order valence-electron chi connectivity index (χ1n) is 6.46. The number of halogens is 4. The van der Waals surface area contributed by atoms with Crippen LogP contribution in [0.15, 0.2) is 42.5 Å². The number of nitro groups is 1. The highest BCUT2D eigenvalue weighted by atomic mass is 35.5. The summed E-state index contributed by atoms with van der Waals surface area (Å²) in [5.74, 6) is -0.640. The van der Waals surface area contributed by atoms with E-state index in [1.807, 2.05) is 0 Å². The van der Waals surface area contributed by atoms with E-state index < -0.39 is 29.0 Å². The predicted molar refractivity (Wildman–Crippen MR) is 79.2 cm³/mol. The second-order valence-electron chi connectivity index (χ2n) is 4.69. The lowest BCUT2D eigenvalue weighted by molar-refractivity contribution is -0.465. The van der Waals surface area contributed by atoms with E-state index in [-0.39, 0.29) is 22.1 Å². The SMILES string of the molecule is O=C(C[N+](=O)[O-])c1cccc(Oc2ccc(C(F)(F)F)cc2Cl)c1. The molecule has 9 heteroatoms. The molecule has 2 aromatic carbocycles. The lowest BCUT2D eigenvalue weighted by Gasteiger charge is -2.11. The Morgan fingerprint density at radius 1 is 1.21 bits per heavy atom. The molecule has 24 heavy (non-hydrogen) atoms. The predicted octanol–water partition coefficient (Wildman–Crippen LogP) is 4.61. The zero-order chi connectivity index (χ0) is 17.9. The largest absolute Gasteiger partial charge is 0.456 e. The standard InChI is InChI=1S/C15H9ClF3NO4/c16-12-7-10(15(17,18)19)4-5-14(12)24-11-3-1-2-9(6-11)13(21)8-20(22)23/h1-7H,8H2. The van der Waals surface area contributed by atoms with Crippen LogP contribution in [0, 0.1) is 10.1 Å². The van der Waals surface area contributed by atoms with Gasteiger partial charge in [-0.25, -0.2) is 0 Å². The summed E-state index contributed by atoms with van der Waals surface area (Å²) in [7, 11) is 0. The van der Waals surface area contributed by atoms with Crippen molar-refractivity contribution in [3.05, 3.63) is 68.7 Å². The van der Waals surface area contributed by atoms with Crippen LogP contribution in [0.5, 0.6) is 11.5 Å². The third-order valence-electron chi connectivity index (χ3n) is 2.92. The van der Waals surface area contributed by atoms with E-state index in [2.05, 4.69) is 0 Å². The maximum Gasteiger partial charge on any atom is 0.416 e. The van der Waals surface area contributed by atoms with Crippen molar-refractivity contribution in [2.75, 3.05) is 6.54 Å². The minimum atomic E-state index is -4.53. The minimum Gasteiger partial charge on any atom is -0.456 e. The summed E-state index contributed by atoms with van der Waals surface area (Å²) >= 11 is 5.78. The van der Waals surface area contributed by atoms with E-state index >= 15 is 0 Å². The van der Waals surface area contributed by atoms with E-state index in [0.29, 0.717) is 0 Å². The summed E-state index contributed by atoms with van der Waals surface area (Å²) in [5, 5.41) is 10.1. The monoisotopic (exact) mass is 359 g/mol. The van der Waals surface area contributed by atoms with Gasteiger partial charge in [0.2, 0.25) is 5.78 Å². The quantitative estimate of drug-likeness (QED) is 0.444. The number of alkyl halides is 3. The second-order valence-corrected chi connectivity index (χ2v) is 5.09. The highest BCUT2D eigenvalue weighted by Crippen LogP contribution is 2.36. The van der Waals surface area contributed by atoms with Crippen molar-refractivity contribution in [2.45, 2.75) is 6.18 Å². The van der Waals surface area contributed by atoms with Crippen molar-refractivity contribution in [3.63, 3.8) is 0 Å². The molecular weight excluding hydrogens is 351 g/mol.